The molecule has 2 aromatic rings. The Hall–Kier alpha value is -1.95. The van der Waals surface area contributed by atoms with Crippen LogP contribution >= 0.6 is 11.6 Å². The van der Waals surface area contributed by atoms with Gasteiger partial charge in [-0.15, -0.1) is 0 Å². The number of carbonyl (C=O) groups excluding carboxylic acids is 1. The molecule has 1 aliphatic carbocycles. The summed E-state index contributed by atoms with van der Waals surface area (Å²) in [4.78, 5) is 16.9. The number of halogens is 2. The van der Waals surface area contributed by atoms with E-state index in [1.165, 1.54) is 43.7 Å². The number of quaternary nitrogens is 1. The van der Waals surface area contributed by atoms with Gasteiger partial charge in [0.25, 0.3) is 0 Å². The molecule has 204 valence electrons. The number of benzene rings is 2. The maximum atomic E-state index is 15.7. The number of amides is 1. The summed E-state index contributed by atoms with van der Waals surface area (Å²) >= 11 is 6.30. The molecule has 2 N–H and O–H groups in total. The summed E-state index contributed by atoms with van der Waals surface area (Å²) < 4.78 is 22.0. The van der Waals surface area contributed by atoms with E-state index in [0.717, 1.165) is 24.9 Å². The summed E-state index contributed by atoms with van der Waals surface area (Å²) in [5.41, 5.74) is 2.30. The Morgan fingerprint density at radius 1 is 1.13 bits per heavy atom. The second kappa shape index (κ2) is 10.9. The lowest BCUT2D eigenvalue weighted by Gasteiger charge is -2.46. The zero-order valence-corrected chi connectivity index (χ0v) is 23.3. The molecule has 4 aliphatic rings. The van der Waals surface area contributed by atoms with Crippen molar-refractivity contribution in [3.8, 4) is 0 Å². The molecular formula is C32H41ClFN2O2+. The Morgan fingerprint density at radius 3 is 2.71 bits per heavy atom. The van der Waals surface area contributed by atoms with Gasteiger partial charge in [0.2, 0.25) is 5.91 Å². The lowest BCUT2D eigenvalue weighted by Crippen LogP contribution is -2.82. The number of rotatable bonds is 3. The minimum absolute atomic E-state index is 0.0426. The molecule has 6 rings (SSSR count). The Bertz CT molecular complexity index is 1150. The fourth-order valence-corrected chi connectivity index (χ4v) is 8.42. The molecule has 0 aromatic heterocycles. The molecule has 3 heterocycles. The first-order chi connectivity index (χ1) is 18.5. The van der Waals surface area contributed by atoms with Crippen molar-refractivity contribution in [1.29, 1.82) is 0 Å². The quantitative estimate of drug-likeness (QED) is 0.581. The molecule has 0 unspecified atom stereocenters. The Balaban J connectivity index is 1.34. The SMILES string of the molecule is C[C@H]1Cc2cc(Cl)cc(F)c2[C@@]2(C[NH2+]C[C@H]2C(=O)N2CC[C@@H](c3ccccc3)C[C@H]2C2CCCCC2)CO1. The van der Waals surface area contributed by atoms with E-state index in [2.05, 4.69) is 40.5 Å². The third kappa shape index (κ3) is 4.80. The zero-order valence-electron chi connectivity index (χ0n) is 22.5. The van der Waals surface area contributed by atoms with Gasteiger partial charge in [-0.1, -0.05) is 61.2 Å². The van der Waals surface area contributed by atoms with Crippen molar-refractivity contribution in [2.45, 2.75) is 81.8 Å². The molecule has 3 fully saturated rings. The molecule has 4 nitrogen and oxygen atoms in total. The smallest absolute Gasteiger partial charge is 0.232 e. The summed E-state index contributed by atoms with van der Waals surface area (Å²) in [6.07, 6.45) is 8.80. The van der Waals surface area contributed by atoms with Crippen molar-refractivity contribution in [2.24, 2.45) is 11.8 Å². The van der Waals surface area contributed by atoms with Gasteiger partial charge in [-0.3, -0.25) is 4.79 Å². The molecule has 2 aromatic carbocycles. The molecule has 2 saturated heterocycles. The van der Waals surface area contributed by atoms with E-state index in [1.54, 1.807) is 0 Å². The summed E-state index contributed by atoms with van der Waals surface area (Å²) in [7, 11) is 0. The first kappa shape index (κ1) is 26.3. The van der Waals surface area contributed by atoms with Crippen molar-refractivity contribution < 1.29 is 19.2 Å². The molecule has 1 amide bonds. The number of ether oxygens (including phenoxy) is 1. The van der Waals surface area contributed by atoms with Crippen LogP contribution in [0.2, 0.25) is 5.02 Å². The number of nitrogens with zero attached hydrogens (tertiary/aromatic N) is 1. The lowest BCUT2D eigenvalue weighted by atomic mass is 9.69. The molecule has 1 spiro atoms. The van der Waals surface area contributed by atoms with Crippen LogP contribution in [0.5, 0.6) is 0 Å². The van der Waals surface area contributed by atoms with Gasteiger partial charge >= 0.3 is 0 Å². The summed E-state index contributed by atoms with van der Waals surface area (Å²) in [5, 5.41) is 2.61. The molecule has 38 heavy (non-hydrogen) atoms. The van der Waals surface area contributed by atoms with Crippen LogP contribution in [0.1, 0.15) is 74.5 Å². The van der Waals surface area contributed by atoms with Gasteiger partial charge in [0.1, 0.15) is 11.7 Å². The van der Waals surface area contributed by atoms with Crippen molar-refractivity contribution in [3.63, 3.8) is 0 Å². The van der Waals surface area contributed by atoms with Crippen LogP contribution in [-0.2, 0) is 21.4 Å². The van der Waals surface area contributed by atoms with Crippen LogP contribution in [-0.4, -0.2) is 49.2 Å². The first-order valence-electron chi connectivity index (χ1n) is 14.7. The second-order valence-electron chi connectivity index (χ2n) is 12.3. The minimum Gasteiger partial charge on any atom is -0.377 e. The van der Waals surface area contributed by atoms with E-state index < -0.39 is 5.41 Å². The lowest BCUT2D eigenvalue weighted by molar-refractivity contribution is -0.640. The largest absolute Gasteiger partial charge is 0.377 e. The predicted molar refractivity (Wildman–Crippen MR) is 148 cm³/mol. The fourth-order valence-electron chi connectivity index (χ4n) is 8.19. The van der Waals surface area contributed by atoms with E-state index >= 15 is 4.39 Å². The number of hydrogen-bond acceptors (Lipinski definition) is 2. The summed E-state index contributed by atoms with van der Waals surface area (Å²) in [5.74, 6) is 0.651. The number of likely N-dealkylation sites (tertiary alicyclic amines) is 1. The topological polar surface area (TPSA) is 46.2 Å². The average molecular weight is 540 g/mol. The number of nitrogens with two attached hydrogens (primary N) is 1. The standard InChI is InChI=1S/C32H40ClFN2O2/c1-21-14-25-15-26(33)17-28(34)30(25)32(20-38-21)19-35-18-27(32)31(37)36-13-12-24(22-8-4-2-5-9-22)16-29(36)23-10-6-3-7-11-23/h2,4-5,8-9,15,17,21,23-24,27,29,35H,3,6-7,10-14,16,18-20H2,1H3/p+1/t21-,24+,27-,29-,32-/m0/s1. The van der Waals surface area contributed by atoms with E-state index in [-0.39, 0.29) is 29.8 Å². The van der Waals surface area contributed by atoms with Gasteiger partial charge in [-0.25, -0.2) is 4.39 Å². The van der Waals surface area contributed by atoms with Crippen molar-refractivity contribution >= 4 is 17.5 Å². The third-order valence-corrected chi connectivity index (χ3v) is 10.3. The Morgan fingerprint density at radius 2 is 1.92 bits per heavy atom. The average Bonchev–Trinajstić information content (AvgIpc) is 3.30. The number of carbonyl (C=O) groups is 1. The third-order valence-electron chi connectivity index (χ3n) is 10.0. The molecule has 6 heteroatoms. The number of hydrogen-bond donors (Lipinski definition) is 1. The van der Waals surface area contributed by atoms with Crippen LogP contribution < -0.4 is 5.32 Å². The van der Waals surface area contributed by atoms with Gasteiger partial charge < -0.3 is 15.0 Å². The highest BCUT2D eigenvalue weighted by Gasteiger charge is 2.57. The highest BCUT2D eigenvalue weighted by Crippen LogP contribution is 2.45. The van der Waals surface area contributed by atoms with E-state index in [9.17, 15) is 4.79 Å². The predicted octanol–water partition coefficient (Wildman–Crippen LogP) is 5.23. The molecule has 0 bridgehead atoms. The van der Waals surface area contributed by atoms with Crippen LogP contribution in [0, 0.1) is 17.7 Å². The van der Waals surface area contributed by atoms with E-state index in [0.29, 0.717) is 48.5 Å². The van der Waals surface area contributed by atoms with Crippen LogP contribution in [0.3, 0.4) is 0 Å². The van der Waals surface area contributed by atoms with Gasteiger partial charge in [0.15, 0.2) is 0 Å². The van der Waals surface area contributed by atoms with Gasteiger partial charge in [-0.05, 0) is 74.1 Å². The first-order valence-corrected chi connectivity index (χ1v) is 15.1. The molecule has 5 atom stereocenters. The Labute approximate surface area is 231 Å². The van der Waals surface area contributed by atoms with E-state index in [1.807, 2.05) is 13.0 Å². The second-order valence-corrected chi connectivity index (χ2v) is 12.8. The number of piperidine rings is 1. The monoisotopic (exact) mass is 539 g/mol. The van der Waals surface area contributed by atoms with Crippen LogP contribution in [0.4, 0.5) is 4.39 Å². The van der Waals surface area contributed by atoms with Crippen molar-refractivity contribution in [1.82, 2.24) is 4.90 Å². The number of fused-ring (bicyclic) bond motifs is 2. The maximum absolute atomic E-state index is 15.7. The van der Waals surface area contributed by atoms with Crippen molar-refractivity contribution in [3.05, 3.63) is 70.0 Å². The fraction of sp³-hybridized carbons (Fsp3) is 0.594. The van der Waals surface area contributed by atoms with E-state index in [4.69, 9.17) is 16.3 Å². The maximum Gasteiger partial charge on any atom is 0.232 e. The van der Waals surface area contributed by atoms with Crippen LogP contribution in [0.25, 0.3) is 0 Å². The molecule has 1 saturated carbocycles. The van der Waals surface area contributed by atoms with Gasteiger partial charge in [0, 0.05) is 23.2 Å². The highest BCUT2D eigenvalue weighted by molar-refractivity contribution is 6.30. The van der Waals surface area contributed by atoms with Crippen molar-refractivity contribution in [2.75, 3.05) is 26.2 Å². The normalized spacial score (nSPS) is 32.2. The summed E-state index contributed by atoms with van der Waals surface area (Å²) in [6.45, 7) is 4.52. The molecule has 3 aliphatic heterocycles. The minimum atomic E-state index is -0.667. The molecule has 0 radical (unpaired) electrons. The van der Waals surface area contributed by atoms with Gasteiger partial charge in [0.05, 0.1) is 31.2 Å². The van der Waals surface area contributed by atoms with Crippen LogP contribution in [0.15, 0.2) is 42.5 Å². The highest BCUT2D eigenvalue weighted by atomic mass is 35.5. The zero-order chi connectivity index (χ0) is 26.3. The van der Waals surface area contributed by atoms with Gasteiger partial charge in [-0.2, -0.15) is 0 Å². The molecular weight excluding hydrogens is 499 g/mol. The Kier molecular flexibility index (Phi) is 7.54. The summed E-state index contributed by atoms with van der Waals surface area (Å²) in [6, 6.07) is 14.4.